The van der Waals surface area contributed by atoms with E-state index in [0.717, 1.165) is 25.3 Å². The van der Waals surface area contributed by atoms with Crippen molar-refractivity contribution in [3.8, 4) is 0 Å². The normalized spacial score (nSPS) is 26.3. The number of rotatable bonds is 6. The molecule has 2 aliphatic carbocycles. The molecule has 0 aromatic carbocycles. The highest BCUT2D eigenvalue weighted by molar-refractivity contribution is 7.90. The summed E-state index contributed by atoms with van der Waals surface area (Å²) in [5, 5.41) is 3.51. The molecule has 0 spiro atoms. The topological polar surface area (TPSA) is 46.2 Å². The molecule has 0 aromatic rings. The van der Waals surface area contributed by atoms with E-state index in [2.05, 4.69) is 12.2 Å². The van der Waals surface area contributed by atoms with E-state index in [-0.39, 0.29) is 5.41 Å². The number of sulfone groups is 1. The lowest BCUT2D eigenvalue weighted by Crippen LogP contribution is -2.36. The Morgan fingerprint density at radius 1 is 1.40 bits per heavy atom. The van der Waals surface area contributed by atoms with Crippen LogP contribution in [-0.2, 0) is 9.84 Å². The van der Waals surface area contributed by atoms with Gasteiger partial charge in [0.1, 0.15) is 9.84 Å². The van der Waals surface area contributed by atoms with Crippen LogP contribution in [0.25, 0.3) is 0 Å². The molecule has 0 amide bonds. The smallest absolute Gasteiger partial charge is 0.148 e. The first-order chi connectivity index (χ1) is 6.90. The van der Waals surface area contributed by atoms with Crippen LogP contribution in [0.3, 0.4) is 0 Å². The lowest BCUT2D eigenvalue weighted by Gasteiger charge is -2.19. The van der Waals surface area contributed by atoms with Crippen LogP contribution in [0.15, 0.2) is 0 Å². The Balaban J connectivity index is 1.78. The Morgan fingerprint density at radius 2 is 2.00 bits per heavy atom. The zero-order valence-electron chi connectivity index (χ0n) is 9.62. The summed E-state index contributed by atoms with van der Waals surface area (Å²) < 4.78 is 22.5. The predicted molar refractivity (Wildman–Crippen MR) is 61.6 cm³/mol. The molecule has 1 N–H and O–H groups in total. The molecule has 0 saturated heterocycles. The zero-order valence-corrected chi connectivity index (χ0v) is 10.4. The molecule has 2 saturated carbocycles. The Bertz CT molecular complexity index is 328. The van der Waals surface area contributed by atoms with Crippen molar-refractivity contribution in [1.82, 2.24) is 5.32 Å². The lowest BCUT2D eigenvalue weighted by atomic mass is 10.1. The minimum atomic E-state index is -2.81. The van der Waals surface area contributed by atoms with Crippen molar-refractivity contribution < 1.29 is 8.42 Å². The fourth-order valence-electron chi connectivity index (χ4n) is 2.25. The first-order valence-electron chi connectivity index (χ1n) is 5.81. The summed E-state index contributed by atoms with van der Waals surface area (Å²) in [7, 11) is -2.81. The van der Waals surface area contributed by atoms with Crippen LogP contribution in [0.4, 0.5) is 0 Å². The van der Waals surface area contributed by atoms with Gasteiger partial charge in [-0.15, -0.1) is 0 Å². The van der Waals surface area contributed by atoms with Gasteiger partial charge in [-0.25, -0.2) is 8.42 Å². The highest BCUT2D eigenvalue weighted by Crippen LogP contribution is 2.46. The molecule has 2 rings (SSSR count). The van der Waals surface area contributed by atoms with E-state index in [1.165, 1.54) is 19.1 Å². The van der Waals surface area contributed by atoms with Gasteiger partial charge in [0, 0.05) is 18.8 Å². The molecule has 0 radical (unpaired) electrons. The molecule has 0 heterocycles. The van der Waals surface area contributed by atoms with Gasteiger partial charge in [0.2, 0.25) is 0 Å². The molecule has 0 bridgehead atoms. The van der Waals surface area contributed by atoms with E-state index >= 15 is 0 Å². The van der Waals surface area contributed by atoms with Crippen molar-refractivity contribution >= 4 is 9.84 Å². The fourth-order valence-corrected chi connectivity index (χ4v) is 3.75. The third-order valence-electron chi connectivity index (χ3n) is 3.65. The maximum absolute atomic E-state index is 11.2. The van der Waals surface area contributed by atoms with Gasteiger partial charge in [0.05, 0.1) is 5.75 Å². The van der Waals surface area contributed by atoms with Crippen LogP contribution in [0, 0.1) is 11.3 Å². The van der Waals surface area contributed by atoms with Crippen molar-refractivity contribution in [3.63, 3.8) is 0 Å². The highest BCUT2D eigenvalue weighted by Gasteiger charge is 2.45. The van der Waals surface area contributed by atoms with Gasteiger partial charge in [-0.3, -0.25) is 0 Å². The number of hydrogen-bond donors (Lipinski definition) is 1. The molecule has 15 heavy (non-hydrogen) atoms. The third kappa shape index (κ3) is 3.45. The molecular weight excluding hydrogens is 210 g/mol. The van der Waals surface area contributed by atoms with Gasteiger partial charge >= 0.3 is 0 Å². The predicted octanol–water partition coefficient (Wildman–Crippen LogP) is 1.20. The Kier molecular flexibility index (Phi) is 2.84. The van der Waals surface area contributed by atoms with Crippen molar-refractivity contribution in [2.75, 3.05) is 18.6 Å². The van der Waals surface area contributed by atoms with Crippen molar-refractivity contribution in [3.05, 3.63) is 0 Å². The molecule has 88 valence electrons. The standard InChI is InChI=1S/C11H21NO2S/c1-9(10-3-4-10)12-7-11(5-6-11)8-15(2,13)14/h9-10,12H,3-8H2,1-2H3. The van der Waals surface area contributed by atoms with Crippen LogP contribution >= 0.6 is 0 Å². The molecule has 0 aliphatic heterocycles. The van der Waals surface area contributed by atoms with Crippen LogP contribution in [0.2, 0.25) is 0 Å². The Hall–Kier alpha value is -0.0900. The largest absolute Gasteiger partial charge is 0.313 e. The molecule has 1 atom stereocenters. The second-order valence-corrected chi connectivity index (χ2v) is 7.72. The summed E-state index contributed by atoms with van der Waals surface area (Å²) in [6.07, 6.45) is 6.17. The van der Waals surface area contributed by atoms with E-state index in [9.17, 15) is 8.42 Å². The maximum atomic E-state index is 11.2. The average molecular weight is 231 g/mol. The van der Waals surface area contributed by atoms with Gasteiger partial charge in [0.25, 0.3) is 0 Å². The average Bonchev–Trinajstić information content (AvgIpc) is 2.92. The van der Waals surface area contributed by atoms with E-state index in [1.807, 2.05) is 0 Å². The minimum Gasteiger partial charge on any atom is -0.313 e. The van der Waals surface area contributed by atoms with Crippen LogP contribution in [0.5, 0.6) is 0 Å². The summed E-state index contributed by atoms with van der Waals surface area (Å²) in [5.74, 6) is 1.21. The fraction of sp³-hybridized carbons (Fsp3) is 1.00. The van der Waals surface area contributed by atoms with Gasteiger partial charge < -0.3 is 5.32 Å². The molecule has 2 fully saturated rings. The first kappa shape index (κ1) is 11.4. The van der Waals surface area contributed by atoms with E-state index in [0.29, 0.717) is 11.8 Å². The monoisotopic (exact) mass is 231 g/mol. The number of nitrogens with one attached hydrogen (secondary N) is 1. The quantitative estimate of drug-likeness (QED) is 0.747. The molecular formula is C11H21NO2S. The van der Waals surface area contributed by atoms with E-state index in [4.69, 9.17) is 0 Å². The van der Waals surface area contributed by atoms with Crippen molar-refractivity contribution in [1.29, 1.82) is 0 Å². The van der Waals surface area contributed by atoms with Crippen LogP contribution < -0.4 is 5.32 Å². The van der Waals surface area contributed by atoms with Gasteiger partial charge in [0.15, 0.2) is 0 Å². The SMILES string of the molecule is CC(NCC1(CS(C)(=O)=O)CC1)C1CC1. The number of hydrogen-bond acceptors (Lipinski definition) is 3. The molecule has 2 aliphatic rings. The highest BCUT2D eigenvalue weighted by atomic mass is 32.2. The Labute approximate surface area is 92.6 Å². The molecule has 3 nitrogen and oxygen atoms in total. The second kappa shape index (κ2) is 3.74. The van der Waals surface area contributed by atoms with Crippen LogP contribution in [-0.4, -0.2) is 33.0 Å². The lowest BCUT2D eigenvalue weighted by molar-refractivity contribution is 0.422. The summed E-state index contributed by atoms with van der Waals surface area (Å²) in [6, 6.07) is 0.571. The minimum absolute atomic E-state index is 0.0801. The molecule has 4 heteroatoms. The van der Waals surface area contributed by atoms with Gasteiger partial charge in [-0.05, 0) is 43.9 Å². The van der Waals surface area contributed by atoms with Crippen LogP contribution in [0.1, 0.15) is 32.6 Å². The summed E-state index contributed by atoms with van der Waals surface area (Å²) in [4.78, 5) is 0. The molecule has 0 aromatic heterocycles. The van der Waals surface area contributed by atoms with Crippen molar-refractivity contribution in [2.24, 2.45) is 11.3 Å². The van der Waals surface area contributed by atoms with E-state index in [1.54, 1.807) is 0 Å². The molecule has 1 unspecified atom stereocenters. The third-order valence-corrected chi connectivity index (χ3v) is 4.79. The summed E-state index contributed by atoms with van der Waals surface area (Å²) in [6.45, 7) is 3.10. The van der Waals surface area contributed by atoms with Crippen molar-refractivity contribution in [2.45, 2.75) is 38.6 Å². The van der Waals surface area contributed by atoms with E-state index < -0.39 is 9.84 Å². The zero-order chi connectivity index (χ0) is 11.1. The summed E-state index contributed by atoms with van der Waals surface area (Å²) >= 11 is 0. The van der Waals surface area contributed by atoms with Gasteiger partial charge in [-0.1, -0.05) is 0 Å². The maximum Gasteiger partial charge on any atom is 0.148 e. The second-order valence-electron chi connectivity index (χ2n) is 5.58. The Morgan fingerprint density at radius 3 is 2.40 bits per heavy atom. The van der Waals surface area contributed by atoms with Gasteiger partial charge in [-0.2, -0.15) is 0 Å². The summed E-state index contributed by atoms with van der Waals surface area (Å²) in [5.41, 5.74) is 0.0801. The first-order valence-corrected chi connectivity index (χ1v) is 7.87.